The monoisotopic (exact) mass is 380 g/mol. The standard InChI is InChI=1S/C24H28O4/c1-8-24(6,28-21-11-9-20(10-12-21)27-19(5)25)14-13-22-16(2)15-23(26-7)18(4)17(22)3/h1,9-12,15H,13-14H2,2-7H3. The van der Waals surface area contributed by atoms with Gasteiger partial charge in [-0.15, -0.1) is 6.42 Å². The van der Waals surface area contributed by atoms with E-state index in [1.165, 1.54) is 23.6 Å². The van der Waals surface area contributed by atoms with E-state index in [2.05, 4.69) is 32.8 Å². The number of carbonyl (C=O) groups excluding carboxylic acids is 1. The highest BCUT2D eigenvalue weighted by molar-refractivity contribution is 5.69. The summed E-state index contributed by atoms with van der Waals surface area (Å²) in [5.74, 6) is 4.44. The van der Waals surface area contributed by atoms with Crippen LogP contribution in [0.4, 0.5) is 0 Å². The Morgan fingerprint density at radius 3 is 2.25 bits per heavy atom. The van der Waals surface area contributed by atoms with Gasteiger partial charge in [0.1, 0.15) is 17.2 Å². The molecule has 0 aromatic heterocycles. The number of aryl methyl sites for hydroxylation is 1. The second kappa shape index (κ2) is 8.84. The second-order valence-electron chi connectivity index (χ2n) is 7.17. The van der Waals surface area contributed by atoms with Crippen molar-refractivity contribution in [2.24, 2.45) is 0 Å². The fraction of sp³-hybridized carbons (Fsp3) is 0.375. The highest BCUT2D eigenvalue weighted by Gasteiger charge is 2.24. The number of esters is 1. The lowest BCUT2D eigenvalue weighted by Crippen LogP contribution is -2.31. The van der Waals surface area contributed by atoms with Gasteiger partial charge in [-0.1, -0.05) is 5.92 Å². The Balaban J connectivity index is 2.14. The lowest BCUT2D eigenvalue weighted by atomic mass is 9.90. The Morgan fingerprint density at radius 2 is 1.71 bits per heavy atom. The van der Waals surface area contributed by atoms with Crippen molar-refractivity contribution in [2.45, 2.75) is 53.1 Å². The fourth-order valence-electron chi connectivity index (χ4n) is 3.21. The van der Waals surface area contributed by atoms with E-state index in [0.29, 0.717) is 17.9 Å². The van der Waals surface area contributed by atoms with Crippen molar-refractivity contribution < 1.29 is 19.0 Å². The summed E-state index contributed by atoms with van der Waals surface area (Å²) in [5.41, 5.74) is 4.07. The molecule has 0 amide bonds. The molecule has 0 spiro atoms. The van der Waals surface area contributed by atoms with Crippen molar-refractivity contribution in [2.75, 3.05) is 7.11 Å². The van der Waals surface area contributed by atoms with Crippen molar-refractivity contribution in [1.29, 1.82) is 0 Å². The molecule has 0 aliphatic heterocycles. The summed E-state index contributed by atoms with van der Waals surface area (Å²) < 4.78 is 16.6. The molecule has 0 fully saturated rings. The van der Waals surface area contributed by atoms with Crippen molar-refractivity contribution in [3.8, 4) is 29.6 Å². The van der Waals surface area contributed by atoms with Crippen molar-refractivity contribution in [3.05, 3.63) is 52.6 Å². The van der Waals surface area contributed by atoms with Gasteiger partial charge in [-0.2, -0.15) is 0 Å². The minimum Gasteiger partial charge on any atom is -0.496 e. The third kappa shape index (κ3) is 5.07. The minimum atomic E-state index is -0.754. The van der Waals surface area contributed by atoms with Gasteiger partial charge in [-0.25, -0.2) is 0 Å². The first-order valence-corrected chi connectivity index (χ1v) is 9.28. The van der Waals surface area contributed by atoms with Crippen molar-refractivity contribution in [3.63, 3.8) is 0 Å². The maximum Gasteiger partial charge on any atom is 0.308 e. The lowest BCUT2D eigenvalue weighted by Gasteiger charge is -2.26. The molecule has 1 atom stereocenters. The van der Waals surface area contributed by atoms with E-state index in [4.69, 9.17) is 20.6 Å². The third-order valence-corrected chi connectivity index (χ3v) is 5.01. The first-order chi connectivity index (χ1) is 13.2. The Hall–Kier alpha value is -2.93. The molecular weight excluding hydrogens is 352 g/mol. The zero-order chi connectivity index (χ0) is 20.9. The van der Waals surface area contributed by atoms with Gasteiger partial charge in [0.05, 0.1) is 7.11 Å². The van der Waals surface area contributed by atoms with E-state index in [0.717, 1.165) is 17.7 Å². The molecule has 148 valence electrons. The van der Waals surface area contributed by atoms with E-state index in [1.54, 1.807) is 31.4 Å². The molecule has 4 nitrogen and oxygen atoms in total. The summed E-state index contributed by atoms with van der Waals surface area (Å²) in [7, 11) is 1.69. The van der Waals surface area contributed by atoms with E-state index in [-0.39, 0.29) is 5.97 Å². The first kappa shape index (κ1) is 21.4. The Morgan fingerprint density at radius 1 is 1.11 bits per heavy atom. The largest absolute Gasteiger partial charge is 0.496 e. The van der Waals surface area contributed by atoms with Crippen LogP contribution in [-0.4, -0.2) is 18.7 Å². The Kier molecular flexibility index (Phi) is 6.75. The minimum absolute atomic E-state index is 0.359. The molecular formula is C24H28O4. The lowest BCUT2D eigenvalue weighted by molar-refractivity contribution is -0.131. The topological polar surface area (TPSA) is 44.8 Å². The zero-order valence-electron chi connectivity index (χ0n) is 17.5. The number of hydrogen-bond donors (Lipinski definition) is 0. The highest BCUT2D eigenvalue weighted by Crippen LogP contribution is 2.31. The summed E-state index contributed by atoms with van der Waals surface area (Å²) in [6.07, 6.45) is 7.27. The summed E-state index contributed by atoms with van der Waals surface area (Å²) in [6.45, 7) is 9.55. The van der Waals surface area contributed by atoms with Gasteiger partial charge in [0.2, 0.25) is 0 Å². The van der Waals surface area contributed by atoms with Crippen LogP contribution in [0.15, 0.2) is 30.3 Å². The molecule has 0 bridgehead atoms. The number of ether oxygens (including phenoxy) is 3. The van der Waals surface area contributed by atoms with E-state index >= 15 is 0 Å². The normalized spacial score (nSPS) is 12.6. The smallest absolute Gasteiger partial charge is 0.308 e. The van der Waals surface area contributed by atoms with E-state index in [9.17, 15) is 4.79 Å². The molecule has 0 aliphatic rings. The van der Waals surface area contributed by atoms with Gasteiger partial charge in [-0.3, -0.25) is 4.79 Å². The van der Waals surface area contributed by atoms with Gasteiger partial charge >= 0.3 is 5.97 Å². The molecule has 0 radical (unpaired) electrons. The van der Waals surface area contributed by atoms with Crippen LogP contribution in [0, 0.1) is 33.1 Å². The van der Waals surface area contributed by atoms with Crippen LogP contribution >= 0.6 is 0 Å². The quantitative estimate of drug-likeness (QED) is 0.387. The van der Waals surface area contributed by atoms with Crippen LogP contribution in [0.3, 0.4) is 0 Å². The van der Waals surface area contributed by atoms with Gasteiger partial charge in [0.15, 0.2) is 5.60 Å². The van der Waals surface area contributed by atoms with E-state index < -0.39 is 5.60 Å². The number of rotatable bonds is 7. The molecule has 0 heterocycles. The molecule has 0 N–H and O–H groups in total. The molecule has 0 aliphatic carbocycles. The Bertz CT molecular complexity index is 890. The van der Waals surface area contributed by atoms with Crippen LogP contribution in [-0.2, 0) is 11.2 Å². The van der Waals surface area contributed by atoms with Gasteiger partial charge in [-0.05, 0) is 86.7 Å². The molecule has 28 heavy (non-hydrogen) atoms. The average Bonchev–Trinajstić information content (AvgIpc) is 2.65. The number of terminal acetylenes is 1. The maximum absolute atomic E-state index is 11.0. The average molecular weight is 380 g/mol. The third-order valence-electron chi connectivity index (χ3n) is 5.01. The SMILES string of the molecule is C#CC(C)(CCc1c(C)cc(OC)c(C)c1C)Oc1ccc(OC(C)=O)cc1. The van der Waals surface area contributed by atoms with Crippen LogP contribution in [0.5, 0.6) is 17.2 Å². The second-order valence-corrected chi connectivity index (χ2v) is 7.17. The molecule has 1 unspecified atom stereocenters. The molecule has 2 rings (SSSR count). The van der Waals surface area contributed by atoms with E-state index in [1.807, 2.05) is 6.92 Å². The van der Waals surface area contributed by atoms with Crippen LogP contribution in [0.25, 0.3) is 0 Å². The summed E-state index contributed by atoms with van der Waals surface area (Å²) in [4.78, 5) is 11.0. The van der Waals surface area contributed by atoms with Crippen LogP contribution in [0.2, 0.25) is 0 Å². The predicted molar refractivity (Wildman–Crippen MR) is 111 cm³/mol. The molecule has 4 heteroatoms. The first-order valence-electron chi connectivity index (χ1n) is 9.28. The summed E-state index contributed by atoms with van der Waals surface area (Å²) in [5, 5.41) is 0. The molecule has 0 saturated carbocycles. The number of carbonyl (C=O) groups is 1. The van der Waals surface area contributed by atoms with Gasteiger partial charge < -0.3 is 14.2 Å². The summed E-state index contributed by atoms with van der Waals surface area (Å²) >= 11 is 0. The molecule has 2 aromatic carbocycles. The maximum atomic E-state index is 11.0. The van der Waals surface area contributed by atoms with Crippen molar-refractivity contribution in [1.82, 2.24) is 0 Å². The van der Waals surface area contributed by atoms with Gasteiger partial charge in [0.25, 0.3) is 0 Å². The number of methoxy groups -OCH3 is 1. The van der Waals surface area contributed by atoms with Crippen molar-refractivity contribution >= 4 is 5.97 Å². The van der Waals surface area contributed by atoms with Crippen LogP contribution < -0.4 is 14.2 Å². The molecule has 2 aromatic rings. The fourth-order valence-corrected chi connectivity index (χ4v) is 3.21. The zero-order valence-corrected chi connectivity index (χ0v) is 17.5. The predicted octanol–water partition coefficient (Wildman–Crippen LogP) is 4.95. The number of benzene rings is 2. The van der Waals surface area contributed by atoms with Gasteiger partial charge in [0, 0.05) is 13.3 Å². The highest BCUT2D eigenvalue weighted by atomic mass is 16.5. The Labute approximate surface area is 167 Å². The molecule has 0 saturated heterocycles. The number of hydrogen-bond acceptors (Lipinski definition) is 4. The summed E-state index contributed by atoms with van der Waals surface area (Å²) in [6, 6.07) is 8.95. The van der Waals surface area contributed by atoms with Crippen LogP contribution in [0.1, 0.15) is 42.5 Å².